The Kier molecular flexibility index (Phi) is 6.14. The largest absolute Gasteiger partial charge is 0.323 e. The Balaban J connectivity index is 2.79. The first-order valence-electron chi connectivity index (χ1n) is 6.33. The topological polar surface area (TPSA) is 4.44 Å². The molecule has 1 rings (SSSR count). The minimum absolute atomic E-state index is 0.364. The molecular weight excluding hydrogens is 206 g/mol. The fraction of sp³-hybridized carbons (Fsp3) is 0.375. The van der Waals surface area contributed by atoms with Crippen molar-refractivity contribution in [3.05, 3.63) is 48.6 Å². The molecule has 1 N–H and O–H groups in total. The first kappa shape index (κ1) is 13.5. The maximum Gasteiger partial charge on any atom is 0.153 e. The van der Waals surface area contributed by atoms with E-state index in [1.54, 1.807) is 0 Å². The fourth-order valence-corrected chi connectivity index (χ4v) is 1.93. The van der Waals surface area contributed by atoms with Gasteiger partial charge < -0.3 is 4.90 Å². The van der Waals surface area contributed by atoms with Gasteiger partial charge in [-0.15, -0.1) is 6.58 Å². The Morgan fingerprint density at radius 2 is 1.88 bits per heavy atom. The molecule has 1 aromatic rings. The van der Waals surface area contributed by atoms with Crippen LogP contribution >= 0.6 is 0 Å². The van der Waals surface area contributed by atoms with E-state index in [0.29, 0.717) is 6.04 Å². The van der Waals surface area contributed by atoms with Gasteiger partial charge in [-0.2, -0.15) is 0 Å². The van der Waals surface area contributed by atoms with E-state index in [-0.39, 0.29) is 0 Å². The first-order valence-corrected chi connectivity index (χ1v) is 6.33. The van der Waals surface area contributed by atoms with Crippen LogP contribution in [-0.2, 0) is 0 Å². The third-order valence-electron chi connectivity index (χ3n) is 2.97. The molecule has 0 aromatic heterocycles. The highest BCUT2D eigenvalue weighted by Gasteiger charge is 2.14. The molecule has 1 atom stereocenters. The first-order chi connectivity index (χ1) is 8.31. The number of rotatable bonds is 5. The van der Waals surface area contributed by atoms with Crippen LogP contribution in [-0.4, -0.2) is 19.1 Å². The van der Waals surface area contributed by atoms with Crippen molar-refractivity contribution in [2.75, 3.05) is 13.1 Å². The average Bonchev–Trinajstić information content (AvgIpc) is 2.38. The summed E-state index contributed by atoms with van der Waals surface area (Å²) in [7, 11) is 0. The van der Waals surface area contributed by atoms with Crippen LogP contribution in [0.25, 0.3) is 0 Å². The smallest absolute Gasteiger partial charge is 0.153 e. The molecule has 17 heavy (non-hydrogen) atoms. The number of hydrogen-bond acceptors (Lipinski definition) is 0. The lowest BCUT2D eigenvalue weighted by Crippen LogP contribution is -3.15. The van der Waals surface area contributed by atoms with E-state index in [1.807, 2.05) is 24.3 Å². The van der Waals surface area contributed by atoms with Crippen LogP contribution in [0.15, 0.2) is 43.0 Å². The van der Waals surface area contributed by atoms with E-state index in [4.69, 9.17) is 0 Å². The Bertz CT molecular complexity index is 379. The highest BCUT2D eigenvalue weighted by atomic mass is 15.1. The van der Waals surface area contributed by atoms with Crippen molar-refractivity contribution in [1.82, 2.24) is 0 Å². The lowest BCUT2D eigenvalue weighted by molar-refractivity contribution is -0.913. The molecule has 0 heterocycles. The van der Waals surface area contributed by atoms with Crippen LogP contribution in [0.2, 0.25) is 0 Å². The SMILES string of the molecule is C=CC[C@H](C#Cc1ccccc1)[NH+](CC)CC. The summed E-state index contributed by atoms with van der Waals surface area (Å²) in [6, 6.07) is 10.5. The second-order valence-electron chi connectivity index (χ2n) is 4.08. The van der Waals surface area contributed by atoms with Crippen LogP contribution < -0.4 is 4.90 Å². The van der Waals surface area contributed by atoms with E-state index in [9.17, 15) is 0 Å². The third kappa shape index (κ3) is 4.46. The predicted molar refractivity (Wildman–Crippen MR) is 74.0 cm³/mol. The van der Waals surface area contributed by atoms with Gasteiger partial charge in [0.05, 0.1) is 13.1 Å². The molecule has 0 radical (unpaired) electrons. The van der Waals surface area contributed by atoms with Gasteiger partial charge in [0.1, 0.15) is 0 Å². The Morgan fingerprint density at radius 3 is 2.41 bits per heavy atom. The normalized spacial score (nSPS) is 11.7. The summed E-state index contributed by atoms with van der Waals surface area (Å²) in [6.07, 6.45) is 2.92. The van der Waals surface area contributed by atoms with E-state index in [0.717, 1.165) is 25.1 Å². The van der Waals surface area contributed by atoms with E-state index in [1.165, 1.54) is 4.90 Å². The molecule has 0 bridgehead atoms. The quantitative estimate of drug-likeness (QED) is 0.580. The van der Waals surface area contributed by atoms with Crippen LogP contribution in [0.5, 0.6) is 0 Å². The molecule has 1 aromatic carbocycles. The lowest BCUT2D eigenvalue weighted by atomic mass is 10.1. The number of benzene rings is 1. The minimum Gasteiger partial charge on any atom is -0.323 e. The molecular formula is C16H22N+. The Hall–Kier alpha value is -1.52. The van der Waals surface area contributed by atoms with Gasteiger partial charge in [0.2, 0.25) is 0 Å². The lowest BCUT2D eigenvalue weighted by Gasteiger charge is -2.21. The minimum atomic E-state index is 0.364. The Morgan fingerprint density at radius 1 is 1.24 bits per heavy atom. The van der Waals surface area contributed by atoms with Crippen molar-refractivity contribution in [3.8, 4) is 11.8 Å². The molecule has 0 fully saturated rings. The van der Waals surface area contributed by atoms with E-state index in [2.05, 4.69) is 44.4 Å². The molecule has 0 spiro atoms. The van der Waals surface area contributed by atoms with Crippen LogP contribution in [0.3, 0.4) is 0 Å². The van der Waals surface area contributed by atoms with Crippen molar-refractivity contribution < 1.29 is 4.90 Å². The van der Waals surface area contributed by atoms with Crippen LogP contribution in [0.4, 0.5) is 0 Å². The molecule has 0 saturated carbocycles. The van der Waals surface area contributed by atoms with Crippen molar-refractivity contribution in [1.29, 1.82) is 0 Å². The second kappa shape index (κ2) is 7.70. The summed E-state index contributed by atoms with van der Waals surface area (Å²) in [5.41, 5.74) is 1.09. The van der Waals surface area contributed by atoms with Gasteiger partial charge in [0.25, 0.3) is 0 Å². The van der Waals surface area contributed by atoms with Gasteiger partial charge in [0.15, 0.2) is 6.04 Å². The molecule has 0 saturated heterocycles. The zero-order valence-electron chi connectivity index (χ0n) is 10.9. The number of nitrogens with one attached hydrogen (secondary N) is 1. The highest BCUT2D eigenvalue weighted by Crippen LogP contribution is 1.96. The average molecular weight is 228 g/mol. The predicted octanol–water partition coefficient (Wildman–Crippen LogP) is 1.91. The van der Waals surface area contributed by atoms with Gasteiger partial charge in [-0.1, -0.05) is 30.2 Å². The maximum atomic E-state index is 3.83. The standard InChI is InChI=1S/C16H21N/c1-4-10-16(17(5-2)6-3)14-13-15-11-8-7-9-12-15/h4,7-9,11-12,16H,1,5-6,10H2,2-3H3/p+1/t16-/m1/s1. The van der Waals surface area contributed by atoms with Gasteiger partial charge in [0, 0.05) is 12.0 Å². The fourth-order valence-electron chi connectivity index (χ4n) is 1.93. The molecule has 90 valence electrons. The number of quaternary nitrogens is 1. The van der Waals surface area contributed by atoms with Crippen molar-refractivity contribution in [2.24, 2.45) is 0 Å². The highest BCUT2D eigenvalue weighted by molar-refractivity contribution is 5.34. The monoisotopic (exact) mass is 228 g/mol. The molecule has 0 aliphatic heterocycles. The number of hydrogen-bond donors (Lipinski definition) is 1. The molecule has 0 amide bonds. The summed E-state index contributed by atoms with van der Waals surface area (Å²) >= 11 is 0. The molecule has 0 unspecified atom stereocenters. The summed E-state index contributed by atoms with van der Waals surface area (Å²) in [5, 5.41) is 0. The molecule has 1 heteroatoms. The van der Waals surface area contributed by atoms with E-state index < -0.39 is 0 Å². The van der Waals surface area contributed by atoms with Gasteiger partial charge in [-0.3, -0.25) is 0 Å². The summed E-state index contributed by atoms with van der Waals surface area (Å²) in [4.78, 5) is 1.52. The van der Waals surface area contributed by atoms with Crippen molar-refractivity contribution in [2.45, 2.75) is 26.3 Å². The van der Waals surface area contributed by atoms with Gasteiger partial charge >= 0.3 is 0 Å². The zero-order chi connectivity index (χ0) is 12.5. The maximum absolute atomic E-state index is 3.83. The molecule has 0 aliphatic carbocycles. The van der Waals surface area contributed by atoms with Gasteiger partial charge in [-0.05, 0) is 31.9 Å². The molecule has 0 aliphatic rings. The van der Waals surface area contributed by atoms with Crippen molar-refractivity contribution >= 4 is 0 Å². The molecule has 1 nitrogen and oxygen atoms in total. The third-order valence-corrected chi connectivity index (χ3v) is 2.97. The Labute approximate surface area is 105 Å². The van der Waals surface area contributed by atoms with Gasteiger partial charge in [-0.25, -0.2) is 0 Å². The summed E-state index contributed by atoms with van der Waals surface area (Å²) in [6.45, 7) is 10.5. The van der Waals surface area contributed by atoms with Crippen LogP contribution in [0, 0.1) is 11.8 Å². The zero-order valence-corrected chi connectivity index (χ0v) is 10.9. The van der Waals surface area contributed by atoms with E-state index >= 15 is 0 Å². The van der Waals surface area contributed by atoms with Crippen LogP contribution in [0.1, 0.15) is 25.8 Å². The van der Waals surface area contributed by atoms with Crippen molar-refractivity contribution in [3.63, 3.8) is 0 Å². The summed E-state index contributed by atoms with van der Waals surface area (Å²) in [5.74, 6) is 6.64. The summed E-state index contributed by atoms with van der Waals surface area (Å²) < 4.78 is 0. The second-order valence-corrected chi connectivity index (χ2v) is 4.08.